The lowest BCUT2D eigenvalue weighted by Gasteiger charge is -2.01. The number of hydrogen-bond acceptors (Lipinski definition) is 4. The van der Waals surface area contributed by atoms with E-state index < -0.39 is 5.97 Å². The second-order valence-electron chi connectivity index (χ2n) is 2.94. The van der Waals surface area contributed by atoms with Gasteiger partial charge in [0.15, 0.2) is 0 Å². The Balaban J connectivity index is 2.40. The number of rotatable bonds is 5. The maximum Gasteiger partial charge on any atom is 0.304 e. The number of hydrogen-bond donors (Lipinski definition) is 1. The molecule has 4 nitrogen and oxygen atoms in total. The summed E-state index contributed by atoms with van der Waals surface area (Å²) in [6.07, 6.45) is 0.157. The van der Waals surface area contributed by atoms with Crippen molar-refractivity contribution in [2.75, 3.05) is 5.75 Å². The van der Waals surface area contributed by atoms with Crippen LogP contribution in [0.15, 0.2) is 6.07 Å². The van der Waals surface area contributed by atoms with Gasteiger partial charge in [0.2, 0.25) is 0 Å². The van der Waals surface area contributed by atoms with Gasteiger partial charge in [-0.1, -0.05) is 11.6 Å². The summed E-state index contributed by atoms with van der Waals surface area (Å²) in [4.78, 5) is 18.5. The highest BCUT2D eigenvalue weighted by molar-refractivity contribution is 7.98. The first kappa shape index (κ1) is 12.3. The van der Waals surface area contributed by atoms with Crippen molar-refractivity contribution in [2.45, 2.75) is 19.1 Å². The quantitative estimate of drug-likeness (QED) is 0.637. The summed E-state index contributed by atoms with van der Waals surface area (Å²) in [7, 11) is 0. The molecule has 0 atom stereocenters. The third-order valence-electron chi connectivity index (χ3n) is 1.56. The molecular weight excluding hydrogens is 236 g/mol. The minimum absolute atomic E-state index is 0.157. The number of carboxylic acid groups (broad SMARTS) is 1. The van der Waals surface area contributed by atoms with Gasteiger partial charge in [-0.15, -0.1) is 0 Å². The molecule has 1 aromatic rings. The Bertz CT molecular complexity index is 340. The first-order chi connectivity index (χ1) is 7.08. The van der Waals surface area contributed by atoms with Crippen LogP contribution in [0, 0.1) is 6.92 Å². The Kier molecular flexibility index (Phi) is 4.84. The van der Waals surface area contributed by atoms with Gasteiger partial charge in [0.1, 0.15) is 11.0 Å². The van der Waals surface area contributed by atoms with Crippen molar-refractivity contribution < 1.29 is 9.90 Å². The molecule has 1 rings (SSSR count). The summed E-state index contributed by atoms with van der Waals surface area (Å²) >= 11 is 7.25. The molecule has 6 heteroatoms. The van der Waals surface area contributed by atoms with Crippen molar-refractivity contribution in [2.24, 2.45) is 0 Å². The predicted octanol–water partition coefficient (Wildman–Crippen LogP) is 2.15. The van der Waals surface area contributed by atoms with Crippen LogP contribution in [0.25, 0.3) is 0 Å². The van der Waals surface area contributed by atoms with Crippen molar-refractivity contribution in [3.63, 3.8) is 0 Å². The van der Waals surface area contributed by atoms with Gasteiger partial charge in [0.25, 0.3) is 0 Å². The molecule has 0 bridgehead atoms. The molecule has 1 heterocycles. The molecule has 0 aliphatic carbocycles. The maximum absolute atomic E-state index is 10.3. The van der Waals surface area contributed by atoms with Gasteiger partial charge in [-0.2, -0.15) is 11.8 Å². The number of aromatic nitrogens is 2. The lowest BCUT2D eigenvalue weighted by molar-refractivity contribution is -0.136. The molecule has 0 saturated heterocycles. The normalized spacial score (nSPS) is 10.3. The third kappa shape index (κ3) is 4.99. The number of nitrogens with zero attached hydrogens (tertiary/aromatic N) is 2. The monoisotopic (exact) mass is 246 g/mol. The highest BCUT2D eigenvalue weighted by Gasteiger charge is 2.02. The second kappa shape index (κ2) is 5.92. The van der Waals surface area contributed by atoms with Crippen LogP contribution in [0.3, 0.4) is 0 Å². The number of carboxylic acids is 1. The lowest BCUT2D eigenvalue weighted by atomic mass is 10.4. The maximum atomic E-state index is 10.3. The number of aryl methyl sites for hydroxylation is 1. The van der Waals surface area contributed by atoms with E-state index in [4.69, 9.17) is 16.7 Å². The van der Waals surface area contributed by atoms with Crippen LogP contribution in [0.1, 0.15) is 17.9 Å². The van der Waals surface area contributed by atoms with Crippen LogP contribution in [-0.2, 0) is 10.5 Å². The van der Waals surface area contributed by atoms with Gasteiger partial charge in [0, 0.05) is 11.4 Å². The lowest BCUT2D eigenvalue weighted by Crippen LogP contribution is -1.99. The average Bonchev–Trinajstić information content (AvgIpc) is 2.10. The van der Waals surface area contributed by atoms with E-state index in [2.05, 4.69) is 9.97 Å². The molecular formula is C9H11ClN2O2S. The predicted molar refractivity (Wildman–Crippen MR) is 60.2 cm³/mol. The summed E-state index contributed by atoms with van der Waals surface area (Å²) in [6, 6.07) is 1.69. The first-order valence-corrected chi connectivity index (χ1v) is 5.91. The van der Waals surface area contributed by atoms with Crippen molar-refractivity contribution in [1.29, 1.82) is 0 Å². The molecule has 82 valence electrons. The smallest absolute Gasteiger partial charge is 0.304 e. The fourth-order valence-corrected chi connectivity index (χ4v) is 2.01. The Morgan fingerprint density at radius 2 is 2.33 bits per heavy atom. The van der Waals surface area contributed by atoms with Crippen LogP contribution in [0.2, 0.25) is 5.15 Å². The van der Waals surface area contributed by atoms with E-state index in [9.17, 15) is 4.79 Å². The molecule has 0 unspecified atom stereocenters. The fourth-order valence-electron chi connectivity index (χ4n) is 0.976. The van der Waals surface area contributed by atoms with Gasteiger partial charge >= 0.3 is 5.97 Å². The fraction of sp³-hybridized carbons (Fsp3) is 0.444. The average molecular weight is 247 g/mol. The van der Waals surface area contributed by atoms with E-state index in [-0.39, 0.29) is 6.42 Å². The zero-order chi connectivity index (χ0) is 11.3. The van der Waals surface area contributed by atoms with E-state index in [0.717, 1.165) is 5.69 Å². The SMILES string of the molecule is Cc1cc(Cl)nc(CSCCC(=O)O)n1. The number of thioether (sulfide) groups is 1. The Labute approximate surface area is 97.1 Å². The topological polar surface area (TPSA) is 63.1 Å². The molecule has 0 aliphatic heterocycles. The van der Waals surface area contributed by atoms with Crippen molar-refractivity contribution in [1.82, 2.24) is 9.97 Å². The Morgan fingerprint density at radius 3 is 2.93 bits per heavy atom. The summed E-state index contributed by atoms with van der Waals surface area (Å²) < 4.78 is 0. The standard InChI is InChI=1S/C9H11ClN2O2S/c1-6-4-7(10)12-8(11-6)5-15-3-2-9(13)14/h4H,2-3,5H2,1H3,(H,13,14). The van der Waals surface area contributed by atoms with E-state index >= 15 is 0 Å². The van der Waals surface area contributed by atoms with Gasteiger partial charge in [-0.3, -0.25) is 4.79 Å². The minimum Gasteiger partial charge on any atom is -0.481 e. The van der Waals surface area contributed by atoms with Crippen molar-refractivity contribution >= 4 is 29.3 Å². The van der Waals surface area contributed by atoms with Crippen LogP contribution in [0.4, 0.5) is 0 Å². The van der Waals surface area contributed by atoms with E-state index in [1.165, 1.54) is 11.8 Å². The van der Waals surface area contributed by atoms with Gasteiger partial charge in [-0.05, 0) is 13.0 Å². The Hall–Kier alpha value is -0.810. The van der Waals surface area contributed by atoms with Crippen molar-refractivity contribution in [3.8, 4) is 0 Å². The highest BCUT2D eigenvalue weighted by atomic mass is 35.5. The molecule has 0 amide bonds. The molecule has 0 saturated carbocycles. The van der Waals surface area contributed by atoms with Gasteiger partial charge in [-0.25, -0.2) is 9.97 Å². The molecule has 1 aromatic heterocycles. The molecule has 0 aliphatic rings. The number of carbonyl (C=O) groups is 1. The zero-order valence-electron chi connectivity index (χ0n) is 8.23. The van der Waals surface area contributed by atoms with Crippen LogP contribution < -0.4 is 0 Å². The Morgan fingerprint density at radius 1 is 1.60 bits per heavy atom. The second-order valence-corrected chi connectivity index (χ2v) is 4.44. The molecule has 15 heavy (non-hydrogen) atoms. The number of halogens is 1. The number of aliphatic carboxylic acids is 1. The van der Waals surface area contributed by atoms with Gasteiger partial charge in [0.05, 0.1) is 12.2 Å². The summed E-state index contributed by atoms with van der Waals surface area (Å²) in [5.41, 5.74) is 0.823. The van der Waals surface area contributed by atoms with E-state index in [1.54, 1.807) is 6.07 Å². The van der Waals surface area contributed by atoms with Crippen LogP contribution in [0.5, 0.6) is 0 Å². The summed E-state index contributed by atoms with van der Waals surface area (Å²) in [6.45, 7) is 1.85. The zero-order valence-corrected chi connectivity index (χ0v) is 9.81. The van der Waals surface area contributed by atoms with E-state index in [0.29, 0.717) is 22.5 Å². The van der Waals surface area contributed by atoms with Crippen LogP contribution >= 0.6 is 23.4 Å². The highest BCUT2D eigenvalue weighted by Crippen LogP contribution is 2.13. The third-order valence-corrected chi connectivity index (χ3v) is 2.71. The first-order valence-electron chi connectivity index (χ1n) is 4.37. The minimum atomic E-state index is -0.786. The van der Waals surface area contributed by atoms with Crippen LogP contribution in [-0.4, -0.2) is 26.8 Å². The molecule has 0 fully saturated rings. The molecule has 0 aromatic carbocycles. The van der Waals surface area contributed by atoms with Gasteiger partial charge < -0.3 is 5.11 Å². The molecule has 0 radical (unpaired) electrons. The largest absolute Gasteiger partial charge is 0.481 e. The van der Waals surface area contributed by atoms with Crippen molar-refractivity contribution in [3.05, 3.63) is 22.7 Å². The molecule has 0 spiro atoms. The molecule has 1 N–H and O–H groups in total. The summed E-state index contributed by atoms with van der Waals surface area (Å²) in [5, 5.41) is 8.86. The van der Waals surface area contributed by atoms with E-state index in [1.807, 2.05) is 6.92 Å². The summed E-state index contributed by atoms with van der Waals surface area (Å²) in [5.74, 6) is 1.01.